The maximum absolute atomic E-state index is 13.5. The monoisotopic (exact) mass is 410 g/mol. The predicted molar refractivity (Wildman–Crippen MR) is 123 cm³/mol. The van der Waals surface area contributed by atoms with Gasteiger partial charge in [0.15, 0.2) is 0 Å². The molecule has 0 aliphatic carbocycles. The Morgan fingerprint density at radius 2 is 1.81 bits per heavy atom. The molecule has 3 heterocycles. The van der Waals surface area contributed by atoms with Crippen LogP contribution in [0.5, 0.6) is 0 Å². The van der Waals surface area contributed by atoms with Crippen molar-refractivity contribution in [3.05, 3.63) is 88.4 Å². The summed E-state index contributed by atoms with van der Waals surface area (Å²) in [6, 6.07) is 15.4. The number of para-hydroxylation sites is 1. The summed E-state index contributed by atoms with van der Waals surface area (Å²) in [5.41, 5.74) is 4.30. The number of hydrogen-bond donors (Lipinski definition) is 2. The van der Waals surface area contributed by atoms with E-state index in [-0.39, 0.29) is 5.56 Å². The predicted octanol–water partition coefficient (Wildman–Crippen LogP) is 3.93. The summed E-state index contributed by atoms with van der Waals surface area (Å²) in [5, 5.41) is 5.03. The first-order chi connectivity index (χ1) is 15.1. The van der Waals surface area contributed by atoms with Crippen LogP contribution in [0.1, 0.15) is 17.0 Å². The summed E-state index contributed by atoms with van der Waals surface area (Å²) in [6.07, 6.45) is 4.02. The Kier molecular flexibility index (Phi) is 4.71. The molecule has 5 aromatic rings. The summed E-state index contributed by atoms with van der Waals surface area (Å²) in [5.74, 6) is 1.48. The Morgan fingerprint density at radius 1 is 0.968 bits per heavy atom. The average Bonchev–Trinajstić information content (AvgIpc) is 3.16. The molecule has 0 aliphatic heterocycles. The van der Waals surface area contributed by atoms with Gasteiger partial charge in [0.05, 0.1) is 22.0 Å². The van der Waals surface area contributed by atoms with Gasteiger partial charge in [-0.1, -0.05) is 30.3 Å². The molecule has 7 nitrogen and oxygen atoms in total. The third kappa shape index (κ3) is 3.34. The van der Waals surface area contributed by atoms with E-state index in [1.165, 1.54) is 6.33 Å². The number of anilines is 1. The normalized spacial score (nSPS) is 11.3. The molecule has 2 aromatic carbocycles. The molecule has 0 spiro atoms. The first kappa shape index (κ1) is 19.0. The zero-order valence-corrected chi connectivity index (χ0v) is 17.4. The summed E-state index contributed by atoms with van der Waals surface area (Å²) in [4.78, 5) is 30.1. The lowest BCUT2D eigenvalue weighted by Gasteiger charge is -2.15. The molecule has 0 bridgehead atoms. The van der Waals surface area contributed by atoms with E-state index in [4.69, 9.17) is 4.98 Å². The van der Waals surface area contributed by atoms with Gasteiger partial charge in [0.25, 0.3) is 5.56 Å². The van der Waals surface area contributed by atoms with E-state index in [0.29, 0.717) is 24.2 Å². The van der Waals surface area contributed by atoms with Crippen molar-refractivity contribution in [3.8, 4) is 5.69 Å². The van der Waals surface area contributed by atoms with Crippen LogP contribution in [0, 0.1) is 13.8 Å². The smallest absolute Gasteiger partial charge is 0.266 e. The van der Waals surface area contributed by atoms with E-state index >= 15 is 0 Å². The Morgan fingerprint density at radius 3 is 2.65 bits per heavy atom. The van der Waals surface area contributed by atoms with Gasteiger partial charge in [0.2, 0.25) is 0 Å². The Hall–Kier alpha value is -4.00. The van der Waals surface area contributed by atoms with Crippen molar-refractivity contribution in [1.29, 1.82) is 0 Å². The first-order valence-corrected chi connectivity index (χ1v) is 10.2. The van der Waals surface area contributed by atoms with Gasteiger partial charge >= 0.3 is 0 Å². The molecule has 2 N–H and O–H groups in total. The summed E-state index contributed by atoms with van der Waals surface area (Å²) < 4.78 is 1.72. The zero-order chi connectivity index (χ0) is 21.4. The van der Waals surface area contributed by atoms with Gasteiger partial charge in [-0.05, 0) is 43.2 Å². The molecule has 0 fully saturated rings. The van der Waals surface area contributed by atoms with Crippen LogP contribution in [0.4, 0.5) is 5.82 Å². The number of fused-ring (bicyclic) bond motifs is 2. The lowest BCUT2D eigenvalue weighted by atomic mass is 10.1. The largest absolute Gasteiger partial charge is 0.369 e. The highest BCUT2D eigenvalue weighted by Crippen LogP contribution is 2.22. The van der Waals surface area contributed by atoms with Crippen molar-refractivity contribution in [2.75, 3.05) is 11.9 Å². The van der Waals surface area contributed by atoms with E-state index in [1.54, 1.807) is 4.57 Å². The lowest BCUT2D eigenvalue weighted by molar-refractivity contribution is 0.809. The maximum Gasteiger partial charge on any atom is 0.266 e. The molecule has 0 unspecified atom stereocenters. The summed E-state index contributed by atoms with van der Waals surface area (Å²) in [6.45, 7) is 4.54. The molecule has 0 saturated carbocycles. The van der Waals surface area contributed by atoms with Crippen LogP contribution in [0.2, 0.25) is 0 Å². The Balaban J connectivity index is 1.54. The number of nitrogens with zero attached hydrogens (tertiary/aromatic N) is 4. The fourth-order valence-electron chi connectivity index (χ4n) is 4.00. The minimum absolute atomic E-state index is 0.0461. The standard InChI is InChI=1S/C24H22N6O/c1-15-7-6-10-18-20(15)24(31)30(17-8-4-3-5-9-17)19(29-18)11-12-25-22-21-16(2)13-26-23(21)28-14-27-22/h3-10,13-14H,11-12H2,1-2H3,(H2,25,26,27,28). The number of aryl methyl sites for hydroxylation is 2. The first-order valence-electron chi connectivity index (χ1n) is 10.2. The lowest BCUT2D eigenvalue weighted by Crippen LogP contribution is -2.26. The van der Waals surface area contributed by atoms with Gasteiger partial charge in [0.1, 0.15) is 23.6 Å². The number of nitrogens with one attached hydrogen (secondary N) is 2. The van der Waals surface area contributed by atoms with Crippen LogP contribution in [0.3, 0.4) is 0 Å². The quantitative estimate of drug-likeness (QED) is 0.458. The van der Waals surface area contributed by atoms with Crippen molar-refractivity contribution in [2.45, 2.75) is 20.3 Å². The van der Waals surface area contributed by atoms with Crippen LogP contribution in [0.25, 0.3) is 27.6 Å². The molecule has 3 aromatic heterocycles. The molecule has 0 aliphatic rings. The van der Waals surface area contributed by atoms with Gasteiger partial charge in [0, 0.05) is 19.2 Å². The summed E-state index contributed by atoms with van der Waals surface area (Å²) in [7, 11) is 0. The van der Waals surface area contributed by atoms with Gasteiger partial charge < -0.3 is 10.3 Å². The SMILES string of the molecule is Cc1c[nH]c2ncnc(NCCc3nc4cccc(C)c4c(=O)n3-c3ccccc3)c12. The van der Waals surface area contributed by atoms with Crippen molar-refractivity contribution in [2.24, 2.45) is 0 Å². The average molecular weight is 410 g/mol. The molecule has 31 heavy (non-hydrogen) atoms. The van der Waals surface area contributed by atoms with Crippen LogP contribution >= 0.6 is 0 Å². The molecule has 0 saturated heterocycles. The molecular formula is C24H22N6O. The molecule has 0 atom stereocenters. The van der Waals surface area contributed by atoms with Crippen LogP contribution in [-0.2, 0) is 6.42 Å². The van der Waals surface area contributed by atoms with E-state index in [1.807, 2.05) is 68.6 Å². The van der Waals surface area contributed by atoms with Crippen molar-refractivity contribution in [3.63, 3.8) is 0 Å². The zero-order valence-electron chi connectivity index (χ0n) is 17.4. The van der Waals surface area contributed by atoms with Gasteiger partial charge in [-0.2, -0.15) is 0 Å². The second-order valence-electron chi connectivity index (χ2n) is 7.57. The highest BCUT2D eigenvalue weighted by atomic mass is 16.1. The maximum atomic E-state index is 13.5. The Labute approximate surface area is 178 Å². The van der Waals surface area contributed by atoms with E-state index in [0.717, 1.165) is 39.2 Å². The molecule has 0 amide bonds. The van der Waals surface area contributed by atoms with Crippen molar-refractivity contribution < 1.29 is 0 Å². The summed E-state index contributed by atoms with van der Waals surface area (Å²) >= 11 is 0. The van der Waals surface area contributed by atoms with Crippen molar-refractivity contribution in [1.82, 2.24) is 24.5 Å². The molecule has 7 heteroatoms. The van der Waals surface area contributed by atoms with Crippen LogP contribution < -0.4 is 10.9 Å². The third-order valence-electron chi connectivity index (χ3n) is 5.50. The van der Waals surface area contributed by atoms with Crippen LogP contribution in [0.15, 0.2) is 65.8 Å². The number of aromatic amines is 1. The topological polar surface area (TPSA) is 88.5 Å². The minimum atomic E-state index is -0.0461. The van der Waals surface area contributed by atoms with Gasteiger partial charge in [-0.25, -0.2) is 15.0 Å². The fraction of sp³-hybridized carbons (Fsp3) is 0.167. The highest BCUT2D eigenvalue weighted by Gasteiger charge is 2.15. The number of rotatable bonds is 5. The highest BCUT2D eigenvalue weighted by molar-refractivity contribution is 5.90. The fourth-order valence-corrected chi connectivity index (χ4v) is 4.00. The molecule has 5 rings (SSSR count). The second kappa shape index (κ2) is 7.68. The van der Waals surface area contributed by atoms with E-state index in [9.17, 15) is 4.79 Å². The third-order valence-corrected chi connectivity index (χ3v) is 5.50. The van der Waals surface area contributed by atoms with Gasteiger partial charge in [-0.15, -0.1) is 0 Å². The van der Waals surface area contributed by atoms with Crippen molar-refractivity contribution >= 4 is 27.8 Å². The number of hydrogen-bond acceptors (Lipinski definition) is 5. The van der Waals surface area contributed by atoms with Gasteiger partial charge in [-0.3, -0.25) is 9.36 Å². The molecule has 154 valence electrons. The minimum Gasteiger partial charge on any atom is -0.369 e. The Bertz CT molecular complexity index is 1450. The number of benzene rings is 2. The second-order valence-corrected chi connectivity index (χ2v) is 7.57. The molecular weight excluding hydrogens is 388 g/mol. The number of aromatic nitrogens is 5. The molecule has 0 radical (unpaired) electrons. The van der Waals surface area contributed by atoms with E-state index < -0.39 is 0 Å². The number of H-pyrrole nitrogens is 1. The van der Waals surface area contributed by atoms with Crippen LogP contribution in [-0.4, -0.2) is 31.0 Å². The van der Waals surface area contributed by atoms with E-state index in [2.05, 4.69) is 20.3 Å².